The van der Waals surface area contributed by atoms with Crippen LogP contribution in [-0.2, 0) is 9.53 Å². The smallest absolute Gasteiger partial charge is 0.408 e. The van der Waals surface area contributed by atoms with Crippen molar-refractivity contribution >= 4 is 12.0 Å². The second-order valence-electron chi connectivity index (χ2n) is 5.34. The van der Waals surface area contributed by atoms with Crippen molar-refractivity contribution in [1.29, 1.82) is 0 Å². The van der Waals surface area contributed by atoms with Gasteiger partial charge >= 0.3 is 6.09 Å². The number of ether oxygens (including phenoxy) is 1. The van der Waals surface area contributed by atoms with Crippen LogP contribution in [0.25, 0.3) is 0 Å². The van der Waals surface area contributed by atoms with E-state index in [0.29, 0.717) is 6.54 Å². The molecule has 0 saturated carbocycles. The van der Waals surface area contributed by atoms with E-state index in [1.807, 2.05) is 0 Å². The van der Waals surface area contributed by atoms with Gasteiger partial charge in [-0.15, -0.1) is 0 Å². The van der Waals surface area contributed by atoms with Gasteiger partial charge in [0.2, 0.25) is 5.91 Å². The first-order valence-electron chi connectivity index (χ1n) is 6.69. The molecule has 0 aromatic heterocycles. The molecule has 0 aliphatic rings. The number of aliphatic hydroxyl groups excluding tert-OH is 1. The number of nitrogens with one attached hydrogen (secondary N) is 2. The molecule has 0 rings (SSSR count). The summed E-state index contributed by atoms with van der Waals surface area (Å²) in [7, 11) is 0. The second-order valence-corrected chi connectivity index (χ2v) is 5.34. The SMILES string of the molecule is CC(C)(C)OC(=O)NCC(=O)NCCCCCCO. The van der Waals surface area contributed by atoms with Gasteiger partial charge in [0.15, 0.2) is 0 Å². The van der Waals surface area contributed by atoms with Crippen LogP contribution < -0.4 is 10.6 Å². The van der Waals surface area contributed by atoms with E-state index in [1.165, 1.54) is 0 Å². The summed E-state index contributed by atoms with van der Waals surface area (Å²) >= 11 is 0. The molecule has 0 aliphatic heterocycles. The van der Waals surface area contributed by atoms with Crippen LogP contribution in [0.15, 0.2) is 0 Å². The molecule has 0 unspecified atom stereocenters. The van der Waals surface area contributed by atoms with Crippen LogP contribution in [0, 0.1) is 0 Å². The molecule has 6 heteroatoms. The molecule has 6 nitrogen and oxygen atoms in total. The van der Waals surface area contributed by atoms with Crippen molar-refractivity contribution < 1.29 is 19.4 Å². The average molecular weight is 274 g/mol. The summed E-state index contributed by atoms with van der Waals surface area (Å²) in [5.41, 5.74) is -0.562. The largest absolute Gasteiger partial charge is 0.444 e. The Hall–Kier alpha value is -1.30. The van der Waals surface area contributed by atoms with Crippen molar-refractivity contribution in [2.45, 2.75) is 52.1 Å². The van der Waals surface area contributed by atoms with Gasteiger partial charge in [-0.3, -0.25) is 4.79 Å². The van der Waals surface area contributed by atoms with Crippen molar-refractivity contribution in [2.75, 3.05) is 19.7 Å². The lowest BCUT2D eigenvalue weighted by atomic mass is 10.2. The highest BCUT2D eigenvalue weighted by Gasteiger charge is 2.16. The highest BCUT2D eigenvalue weighted by Crippen LogP contribution is 2.06. The fourth-order valence-corrected chi connectivity index (χ4v) is 1.35. The van der Waals surface area contributed by atoms with Gasteiger partial charge in [-0.05, 0) is 33.6 Å². The maximum atomic E-state index is 11.4. The summed E-state index contributed by atoms with van der Waals surface area (Å²) in [6.45, 7) is 6.01. The molecule has 0 saturated heterocycles. The lowest BCUT2D eigenvalue weighted by molar-refractivity contribution is -0.120. The van der Waals surface area contributed by atoms with E-state index >= 15 is 0 Å². The topological polar surface area (TPSA) is 87.7 Å². The van der Waals surface area contributed by atoms with Crippen LogP contribution in [0.4, 0.5) is 4.79 Å². The Balaban J connectivity index is 3.52. The molecule has 112 valence electrons. The fraction of sp³-hybridized carbons (Fsp3) is 0.846. The van der Waals surface area contributed by atoms with E-state index in [0.717, 1.165) is 25.7 Å². The number of carbonyl (C=O) groups is 2. The van der Waals surface area contributed by atoms with Gasteiger partial charge in [-0.25, -0.2) is 4.79 Å². The van der Waals surface area contributed by atoms with E-state index in [9.17, 15) is 9.59 Å². The Morgan fingerprint density at radius 2 is 1.68 bits per heavy atom. The zero-order valence-electron chi connectivity index (χ0n) is 12.1. The molecule has 0 fully saturated rings. The van der Waals surface area contributed by atoms with Gasteiger partial charge in [0, 0.05) is 13.2 Å². The molecule has 0 aromatic rings. The maximum absolute atomic E-state index is 11.4. The molecular formula is C13H26N2O4. The number of hydrogen-bond acceptors (Lipinski definition) is 4. The number of rotatable bonds is 8. The molecule has 0 atom stereocenters. The Kier molecular flexibility index (Phi) is 8.95. The van der Waals surface area contributed by atoms with Crippen molar-refractivity contribution in [1.82, 2.24) is 10.6 Å². The third-order valence-electron chi connectivity index (χ3n) is 2.20. The summed E-state index contributed by atoms with van der Waals surface area (Å²) in [6, 6.07) is 0. The number of amides is 2. The molecule has 0 radical (unpaired) electrons. The molecule has 0 aromatic carbocycles. The zero-order chi connectivity index (χ0) is 14.7. The Morgan fingerprint density at radius 3 is 2.26 bits per heavy atom. The first kappa shape index (κ1) is 17.7. The quantitative estimate of drug-likeness (QED) is 0.580. The number of unbranched alkanes of at least 4 members (excludes halogenated alkanes) is 3. The Bertz CT molecular complexity index is 274. The molecule has 0 spiro atoms. The van der Waals surface area contributed by atoms with Crippen LogP contribution in [0.3, 0.4) is 0 Å². The van der Waals surface area contributed by atoms with Gasteiger partial charge in [-0.2, -0.15) is 0 Å². The minimum Gasteiger partial charge on any atom is -0.444 e. The summed E-state index contributed by atoms with van der Waals surface area (Å²) < 4.78 is 5.00. The van der Waals surface area contributed by atoms with Crippen molar-refractivity contribution in [2.24, 2.45) is 0 Å². The van der Waals surface area contributed by atoms with Gasteiger partial charge in [0.05, 0.1) is 6.54 Å². The summed E-state index contributed by atoms with van der Waals surface area (Å²) in [5, 5.41) is 13.7. The third kappa shape index (κ3) is 12.9. The van der Waals surface area contributed by atoms with Crippen LogP contribution >= 0.6 is 0 Å². The number of alkyl carbamates (subject to hydrolysis) is 1. The molecule has 0 heterocycles. The van der Waals surface area contributed by atoms with Gasteiger partial charge in [-0.1, -0.05) is 12.8 Å². The Morgan fingerprint density at radius 1 is 1.05 bits per heavy atom. The van der Waals surface area contributed by atoms with Crippen LogP contribution in [0.1, 0.15) is 46.5 Å². The third-order valence-corrected chi connectivity index (χ3v) is 2.20. The number of carbonyl (C=O) groups excluding carboxylic acids is 2. The van der Waals surface area contributed by atoms with Gasteiger partial charge in [0.25, 0.3) is 0 Å². The standard InChI is InChI=1S/C13H26N2O4/c1-13(2,3)19-12(18)15-10-11(17)14-8-6-4-5-7-9-16/h16H,4-10H2,1-3H3,(H,14,17)(H,15,18). The first-order chi connectivity index (χ1) is 8.85. The first-order valence-corrected chi connectivity index (χ1v) is 6.69. The van der Waals surface area contributed by atoms with Crippen LogP contribution in [0.5, 0.6) is 0 Å². The summed E-state index contributed by atoms with van der Waals surface area (Å²) in [5.74, 6) is -0.229. The van der Waals surface area contributed by atoms with E-state index in [4.69, 9.17) is 9.84 Å². The normalized spacial score (nSPS) is 10.9. The molecule has 0 bridgehead atoms. The van der Waals surface area contributed by atoms with Crippen LogP contribution in [-0.4, -0.2) is 42.4 Å². The molecule has 0 aliphatic carbocycles. The van der Waals surface area contributed by atoms with E-state index in [-0.39, 0.29) is 19.1 Å². The highest BCUT2D eigenvalue weighted by atomic mass is 16.6. The predicted molar refractivity (Wildman–Crippen MR) is 72.8 cm³/mol. The molecule has 3 N–H and O–H groups in total. The van der Waals surface area contributed by atoms with Crippen LogP contribution in [0.2, 0.25) is 0 Å². The summed E-state index contributed by atoms with van der Waals surface area (Å²) in [4.78, 5) is 22.7. The van der Waals surface area contributed by atoms with Gasteiger partial charge in [0.1, 0.15) is 5.60 Å². The number of hydrogen-bond donors (Lipinski definition) is 3. The lowest BCUT2D eigenvalue weighted by Gasteiger charge is -2.19. The second kappa shape index (κ2) is 9.61. The number of aliphatic hydroxyl groups is 1. The zero-order valence-corrected chi connectivity index (χ0v) is 12.1. The molecular weight excluding hydrogens is 248 g/mol. The van der Waals surface area contributed by atoms with Gasteiger partial charge < -0.3 is 20.5 Å². The predicted octanol–water partition coefficient (Wildman–Crippen LogP) is 1.18. The molecule has 2 amide bonds. The van der Waals surface area contributed by atoms with E-state index in [2.05, 4.69) is 10.6 Å². The fourth-order valence-electron chi connectivity index (χ4n) is 1.35. The molecule has 19 heavy (non-hydrogen) atoms. The highest BCUT2D eigenvalue weighted by molar-refractivity contribution is 5.82. The average Bonchev–Trinajstić information content (AvgIpc) is 2.29. The van der Waals surface area contributed by atoms with Crippen molar-refractivity contribution in [3.8, 4) is 0 Å². The Labute approximate surface area is 114 Å². The minimum atomic E-state index is -0.592. The van der Waals surface area contributed by atoms with Crippen molar-refractivity contribution in [3.05, 3.63) is 0 Å². The van der Waals surface area contributed by atoms with E-state index in [1.54, 1.807) is 20.8 Å². The lowest BCUT2D eigenvalue weighted by Crippen LogP contribution is -2.39. The monoisotopic (exact) mass is 274 g/mol. The summed E-state index contributed by atoms with van der Waals surface area (Å²) in [6.07, 6.45) is 3.01. The minimum absolute atomic E-state index is 0.0778. The van der Waals surface area contributed by atoms with Crippen molar-refractivity contribution in [3.63, 3.8) is 0 Å². The maximum Gasteiger partial charge on any atom is 0.408 e. The van der Waals surface area contributed by atoms with E-state index < -0.39 is 11.7 Å².